The number of amides is 1. The Morgan fingerprint density at radius 2 is 2.10 bits per heavy atom. The van der Waals surface area contributed by atoms with Crippen molar-refractivity contribution in [1.82, 2.24) is 19.7 Å². The second-order valence-electron chi connectivity index (χ2n) is 8.54. The van der Waals surface area contributed by atoms with Crippen LogP contribution in [0.4, 0.5) is 5.82 Å². The second-order valence-corrected chi connectivity index (χ2v) is 9.49. The van der Waals surface area contributed by atoms with Crippen molar-refractivity contribution >= 4 is 23.1 Å². The van der Waals surface area contributed by atoms with Crippen LogP contribution in [0, 0.1) is 5.92 Å². The predicted octanol–water partition coefficient (Wildman–Crippen LogP) is 5.11. The second kappa shape index (κ2) is 9.60. The third-order valence-electron chi connectivity index (χ3n) is 5.80. The van der Waals surface area contributed by atoms with Crippen LogP contribution in [0.3, 0.4) is 0 Å². The minimum Gasteiger partial charge on any atom is -0.310 e. The Bertz CT molecular complexity index is 1080. The molecule has 1 saturated carbocycles. The van der Waals surface area contributed by atoms with E-state index < -0.39 is 0 Å². The Morgan fingerprint density at radius 1 is 1.29 bits per heavy atom. The van der Waals surface area contributed by atoms with Gasteiger partial charge in [-0.2, -0.15) is 9.78 Å². The average Bonchev–Trinajstić information content (AvgIpc) is 3.42. The van der Waals surface area contributed by atoms with Gasteiger partial charge in [-0.15, -0.1) is 11.3 Å². The molecule has 1 fully saturated rings. The van der Waals surface area contributed by atoms with Crippen molar-refractivity contribution < 1.29 is 4.79 Å². The number of nitrogens with zero attached hydrogens (tertiary/aromatic N) is 3. The van der Waals surface area contributed by atoms with Crippen LogP contribution < -0.4 is 10.9 Å². The Morgan fingerprint density at radius 3 is 2.81 bits per heavy atom. The van der Waals surface area contributed by atoms with E-state index in [-0.39, 0.29) is 17.4 Å². The smallest absolute Gasteiger partial charge is 0.252 e. The molecule has 3 heterocycles. The largest absolute Gasteiger partial charge is 0.310 e. The molecule has 0 aliphatic heterocycles. The topological polar surface area (TPSA) is 92.7 Å². The lowest BCUT2D eigenvalue weighted by Crippen LogP contribution is -2.20. The Hall–Kier alpha value is -2.74. The predicted molar refractivity (Wildman–Crippen MR) is 124 cm³/mol. The van der Waals surface area contributed by atoms with Crippen molar-refractivity contribution in [2.45, 2.75) is 64.7 Å². The number of aromatic amines is 1. The number of hydrogen-bond acceptors (Lipinski definition) is 5. The molecule has 0 spiro atoms. The molecule has 1 aliphatic rings. The molecular formula is C23H29N5O2S. The van der Waals surface area contributed by atoms with Crippen molar-refractivity contribution in [3.8, 4) is 16.5 Å². The van der Waals surface area contributed by atoms with E-state index >= 15 is 0 Å². The summed E-state index contributed by atoms with van der Waals surface area (Å²) in [5, 5.41) is 9.63. The molecular weight excluding hydrogens is 410 g/mol. The number of rotatable bonds is 7. The van der Waals surface area contributed by atoms with Crippen molar-refractivity contribution in [1.29, 1.82) is 0 Å². The van der Waals surface area contributed by atoms with Gasteiger partial charge < -0.3 is 5.32 Å². The van der Waals surface area contributed by atoms with E-state index in [9.17, 15) is 9.59 Å². The molecule has 0 radical (unpaired) electrons. The van der Waals surface area contributed by atoms with Crippen LogP contribution in [0.5, 0.6) is 0 Å². The number of thiophene rings is 1. The maximum absolute atomic E-state index is 12.7. The first-order valence-electron chi connectivity index (χ1n) is 11.0. The van der Waals surface area contributed by atoms with Crippen molar-refractivity contribution in [2.24, 2.45) is 5.92 Å². The fourth-order valence-corrected chi connectivity index (χ4v) is 4.73. The molecule has 1 aliphatic carbocycles. The lowest BCUT2D eigenvalue weighted by atomic mass is 9.86. The van der Waals surface area contributed by atoms with Gasteiger partial charge in [-0.05, 0) is 29.7 Å². The van der Waals surface area contributed by atoms with Gasteiger partial charge in [-0.3, -0.25) is 14.6 Å². The number of hydrogen-bond donors (Lipinski definition) is 2. The van der Waals surface area contributed by atoms with Crippen molar-refractivity contribution in [3.63, 3.8) is 0 Å². The molecule has 7 nitrogen and oxygen atoms in total. The maximum Gasteiger partial charge on any atom is 0.252 e. The Labute approximate surface area is 185 Å². The number of carbonyl (C=O) groups is 1. The minimum absolute atomic E-state index is 0.0354. The summed E-state index contributed by atoms with van der Waals surface area (Å²) in [6.45, 7) is 3.97. The highest BCUT2D eigenvalue weighted by Crippen LogP contribution is 2.29. The van der Waals surface area contributed by atoms with Crippen LogP contribution in [0.25, 0.3) is 16.5 Å². The van der Waals surface area contributed by atoms with Crippen LogP contribution >= 0.6 is 11.3 Å². The van der Waals surface area contributed by atoms with Gasteiger partial charge in [0, 0.05) is 18.6 Å². The van der Waals surface area contributed by atoms with Crippen LogP contribution in [0.1, 0.15) is 70.4 Å². The molecule has 3 aromatic heterocycles. The summed E-state index contributed by atoms with van der Waals surface area (Å²) in [6, 6.07) is 7.28. The van der Waals surface area contributed by atoms with E-state index in [1.54, 1.807) is 11.3 Å². The zero-order valence-electron chi connectivity index (χ0n) is 18.1. The summed E-state index contributed by atoms with van der Waals surface area (Å²) in [4.78, 5) is 33.3. The molecule has 0 bridgehead atoms. The number of carbonyl (C=O) groups excluding carboxylic acids is 1. The number of H-pyrrole nitrogens is 1. The summed E-state index contributed by atoms with van der Waals surface area (Å²) >= 11 is 1.57. The lowest BCUT2D eigenvalue weighted by molar-refractivity contribution is -0.116. The van der Waals surface area contributed by atoms with Crippen LogP contribution in [-0.2, 0) is 4.79 Å². The molecule has 0 unspecified atom stereocenters. The van der Waals surface area contributed by atoms with Crippen LogP contribution in [0.2, 0.25) is 0 Å². The fraction of sp³-hybridized carbons (Fsp3) is 0.478. The summed E-state index contributed by atoms with van der Waals surface area (Å²) in [5.41, 5.74) is 1.17. The zero-order chi connectivity index (χ0) is 21.8. The molecule has 3 aromatic rings. The molecule has 0 saturated heterocycles. The summed E-state index contributed by atoms with van der Waals surface area (Å²) in [7, 11) is 0. The van der Waals surface area contributed by atoms with Gasteiger partial charge in [0.2, 0.25) is 11.9 Å². The van der Waals surface area contributed by atoms with E-state index in [1.165, 1.54) is 42.9 Å². The maximum atomic E-state index is 12.7. The molecule has 1 amide bonds. The molecule has 164 valence electrons. The van der Waals surface area contributed by atoms with Gasteiger partial charge in [-0.1, -0.05) is 52.0 Å². The van der Waals surface area contributed by atoms with Gasteiger partial charge in [0.25, 0.3) is 5.56 Å². The first-order valence-corrected chi connectivity index (χ1v) is 11.9. The fourth-order valence-electron chi connectivity index (χ4n) is 4.05. The van der Waals surface area contributed by atoms with E-state index in [0.29, 0.717) is 29.8 Å². The summed E-state index contributed by atoms with van der Waals surface area (Å²) in [5.74, 6) is 1.53. The van der Waals surface area contributed by atoms with Crippen molar-refractivity contribution in [2.75, 3.05) is 5.32 Å². The quantitative estimate of drug-likeness (QED) is 0.535. The number of nitrogens with one attached hydrogen (secondary N) is 2. The third-order valence-corrected chi connectivity index (χ3v) is 6.69. The highest BCUT2D eigenvalue weighted by Gasteiger charge is 2.19. The summed E-state index contributed by atoms with van der Waals surface area (Å²) in [6.07, 6.45) is 7.70. The first kappa shape index (κ1) is 21.5. The Balaban J connectivity index is 1.60. The monoisotopic (exact) mass is 439 g/mol. The van der Waals surface area contributed by atoms with E-state index in [0.717, 1.165) is 17.0 Å². The highest BCUT2D eigenvalue weighted by atomic mass is 32.1. The zero-order valence-corrected chi connectivity index (χ0v) is 18.9. The van der Waals surface area contributed by atoms with Crippen molar-refractivity contribution in [3.05, 3.63) is 45.7 Å². The van der Waals surface area contributed by atoms with E-state index in [2.05, 4.69) is 20.4 Å². The van der Waals surface area contributed by atoms with Gasteiger partial charge in [-0.25, -0.2) is 4.98 Å². The van der Waals surface area contributed by atoms with Gasteiger partial charge >= 0.3 is 0 Å². The molecule has 4 rings (SSSR count). The number of anilines is 1. The minimum atomic E-state index is -0.239. The summed E-state index contributed by atoms with van der Waals surface area (Å²) < 4.78 is 1.53. The lowest BCUT2D eigenvalue weighted by Gasteiger charge is -2.21. The standard InChI is InChI=1S/C23H29N5O2S/c1-15(2)17-14-22(30)26-23(24-17)28-20(13-18(27-28)19-9-6-12-31-19)25-21(29)11-10-16-7-4-3-5-8-16/h6,9,12-16H,3-5,7-8,10-11H2,1-2H3,(H,25,29)(H,24,26,30). The Kier molecular flexibility index (Phi) is 6.65. The van der Waals surface area contributed by atoms with Gasteiger partial charge in [0.15, 0.2) is 0 Å². The molecule has 2 N–H and O–H groups in total. The molecule has 0 aromatic carbocycles. The SMILES string of the molecule is CC(C)c1cc(=O)[nH]c(-n2nc(-c3cccs3)cc2NC(=O)CCC2CCCCC2)n1. The number of aromatic nitrogens is 4. The van der Waals surface area contributed by atoms with Gasteiger partial charge in [0.1, 0.15) is 11.5 Å². The van der Waals surface area contributed by atoms with E-state index in [4.69, 9.17) is 0 Å². The highest BCUT2D eigenvalue weighted by molar-refractivity contribution is 7.13. The molecule has 31 heavy (non-hydrogen) atoms. The third kappa shape index (κ3) is 5.31. The van der Waals surface area contributed by atoms with E-state index in [1.807, 2.05) is 37.4 Å². The average molecular weight is 440 g/mol. The van der Waals surface area contributed by atoms with Crippen LogP contribution in [-0.4, -0.2) is 25.7 Å². The van der Waals surface area contributed by atoms with Gasteiger partial charge in [0.05, 0.1) is 10.6 Å². The normalized spacial score (nSPS) is 14.8. The first-order chi connectivity index (χ1) is 15.0. The molecule has 8 heteroatoms. The molecule has 0 atom stereocenters. The van der Waals surface area contributed by atoms with Crippen LogP contribution in [0.15, 0.2) is 34.4 Å².